The Balaban J connectivity index is 1.05. The van der Waals surface area contributed by atoms with Crippen LogP contribution in [0.5, 0.6) is 17.6 Å². The third kappa shape index (κ3) is 7.86. The van der Waals surface area contributed by atoms with E-state index in [1.54, 1.807) is 20.3 Å². The van der Waals surface area contributed by atoms with Gasteiger partial charge >= 0.3 is 5.97 Å². The zero-order valence-corrected chi connectivity index (χ0v) is 32.0. The van der Waals surface area contributed by atoms with Gasteiger partial charge in [-0.3, -0.25) is 9.59 Å². The van der Waals surface area contributed by atoms with E-state index >= 15 is 0 Å². The molecule has 2 atom stereocenters. The predicted molar refractivity (Wildman–Crippen MR) is 207 cm³/mol. The number of pyridine rings is 2. The number of fused-ring (bicyclic) bond motifs is 1. The maximum Gasteiger partial charge on any atom is 0.309 e. The van der Waals surface area contributed by atoms with Crippen molar-refractivity contribution in [3.8, 4) is 40.0 Å². The molecule has 1 saturated carbocycles. The first kappa shape index (κ1) is 37.9. The highest BCUT2D eigenvalue weighted by Gasteiger charge is 2.43. The average molecular weight is 775 g/mol. The average Bonchev–Trinajstić information content (AvgIpc) is 3.77. The van der Waals surface area contributed by atoms with Crippen LogP contribution >= 0.6 is 23.2 Å². The molecule has 0 bridgehead atoms. The molecule has 11 nitrogen and oxygen atoms in total. The van der Waals surface area contributed by atoms with Crippen LogP contribution in [0.4, 0.5) is 0 Å². The first-order chi connectivity index (χ1) is 26.2. The van der Waals surface area contributed by atoms with E-state index in [1.165, 1.54) is 0 Å². The highest BCUT2D eigenvalue weighted by molar-refractivity contribution is 6.36. The molecule has 2 aromatic carbocycles. The number of carboxylic acid groups (broad SMARTS) is 1. The summed E-state index contributed by atoms with van der Waals surface area (Å²) in [5, 5.41) is 20.3. The second kappa shape index (κ2) is 16.5. The Morgan fingerprint density at radius 1 is 0.907 bits per heavy atom. The van der Waals surface area contributed by atoms with Crippen LogP contribution < -0.4 is 30.2 Å². The Morgan fingerprint density at radius 3 is 2.37 bits per heavy atom. The molecule has 4 N–H and O–H groups in total. The van der Waals surface area contributed by atoms with Gasteiger partial charge in [-0.25, -0.2) is 4.98 Å². The van der Waals surface area contributed by atoms with Gasteiger partial charge < -0.3 is 35.3 Å². The minimum Gasteiger partial charge on any atom is -0.481 e. The van der Waals surface area contributed by atoms with Gasteiger partial charge in [-0.1, -0.05) is 72.1 Å². The molecule has 0 spiro atoms. The van der Waals surface area contributed by atoms with Gasteiger partial charge in [-0.2, -0.15) is 4.98 Å². The van der Waals surface area contributed by atoms with E-state index in [-0.39, 0.29) is 18.1 Å². The van der Waals surface area contributed by atoms with E-state index in [2.05, 4.69) is 33.1 Å². The van der Waals surface area contributed by atoms with Crippen molar-refractivity contribution in [3.63, 3.8) is 0 Å². The lowest BCUT2D eigenvalue weighted by molar-refractivity contribution is -0.155. The molecule has 2 aliphatic carbocycles. The first-order valence-corrected chi connectivity index (χ1v) is 19.2. The number of nitrogens with one attached hydrogen (secondary N) is 3. The molecular formula is C41H45Cl2N5O6. The molecule has 284 valence electrons. The van der Waals surface area contributed by atoms with Gasteiger partial charge in [-0.15, -0.1) is 0 Å². The van der Waals surface area contributed by atoms with Gasteiger partial charge in [0.2, 0.25) is 23.5 Å². The van der Waals surface area contributed by atoms with Crippen molar-refractivity contribution >= 4 is 35.1 Å². The number of ether oxygens (including phenoxy) is 3. The Bertz CT molecular complexity index is 2040. The summed E-state index contributed by atoms with van der Waals surface area (Å²) >= 11 is 13.9. The van der Waals surface area contributed by atoms with Crippen LogP contribution in [0.15, 0.2) is 54.6 Å². The van der Waals surface area contributed by atoms with Gasteiger partial charge in [0.25, 0.3) is 0 Å². The topological polar surface area (TPSA) is 144 Å². The second-order valence-electron chi connectivity index (χ2n) is 14.3. The van der Waals surface area contributed by atoms with Crippen LogP contribution in [0.2, 0.25) is 10.0 Å². The van der Waals surface area contributed by atoms with Crippen LogP contribution in [-0.4, -0.2) is 60.3 Å². The summed E-state index contributed by atoms with van der Waals surface area (Å²) in [6.45, 7) is 2.24. The summed E-state index contributed by atoms with van der Waals surface area (Å²) < 4.78 is 17.8. The van der Waals surface area contributed by atoms with Crippen molar-refractivity contribution in [1.82, 2.24) is 25.9 Å². The zero-order chi connectivity index (χ0) is 37.8. The Morgan fingerprint density at radius 2 is 1.65 bits per heavy atom. The highest BCUT2D eigenvalue weighted by atomic mass is 35.5. The lowest BCUT2D eigenvalue weighted by Crippen LogP contribution is -2.40. The monoisotopic (exact) mass is 773 g/mol. The maximum atomic E-state index is 11.7. The SMILES string of the molecule is COc1nc(-c2cccc(-c3cccc4c3CC[C@@H]4Oc3nc(OC)c(CNCCC4(C(=O)O)CCC4)cc3Cl)c2Cl)ccc1CNC[C@@H]1CCC(=O)N1. The third-order valence-corrected chi connectivity index (χ3v) is 11.7. The fourth-order valence-electron chi connectivity index (χ4n) is 7.81. The van der Waals surface area contributed by atoms with Crippen molar-refractivity contribution in [2.75, 3.05) is 27.3 Å². The van der Waals surface area contributed by atoms with Gasteiger partial charge in [0.05, 0.1) is 30.4 Å². The number of aromatic nitrogens is 2. The van der Waals surface area contributed by atoms with Crippen LogP contribution in [0.1, 0.15) is 73.3 Å². The van der Waals surface area contributed by atoms with Gasteiger partial charge in [0.1, 0.15) is 11.1 Å². The highest BCUT2D eigenvalue weighted by Crippen LogP contribution is 2.45. The summed E-state index contributed by atoms with van der Waals surface area (Å²) in [6, 6.07) is 18.0. The molecule has 13 heteroatoms. The number of carbonyl (C=O) groups is 2. The molecule has 54 heavy (non-hydrogen) atoms. The Hall–Kier alpha value is -4.42. The first-order valence-electron chi connectivity index (χ1n) is 18.5. The summed E-state index contributed by atoms with van der Waals surface area (Å²) in [7, 11) is 3.17. The zero-order valence-electron chi connectivity index (χ0n) is 30.5. The number of carboxylic acids is 1. The molecular weight excluding hydrogens is 729 g/mol. The van der Waals surface area contributed by atoms with E-state index in [0.29, 0.717) is 72.4 Å². The van der Waals surface area contributed by atoms with Crippen molar-refractivity contribution in [1.29, 1.82) is 0 Å². The number of benzene rings is 2. The van der Waals surface area contributed by atoms with E-state index < -0.39 is 11.4 Å². The molecule has 0 radical (unpaired) electrons. The third-order valence-electron chi connectivity index (χ3n) is 11.0. The van der Waals surface area contributed by atoms with Crippen molar-refractivity contribution < 1.29 is 28.9 Å². The van der Waals surface area contributed by atoms with Crippen LogP contribution in [-0.2, 0) is 29.1 Å². The molecule has 3 heterocycles. The largest absolute Gasteiger partial charge is 0.481 e. The van der Waals surface area contributed by atoms with Crippen molar-refractivity contribution in [2.45, 2.75) is 76.6 Å². The summed E-state index contributed by atoms with van der Waals surface area (Å²) in [5.74, 6) is 0.604. The van der Waals surface area contributed by atoms with E-state index in [0.717, 1.165) is 77.5 Å². The molecule has 2 fully saturated rings. The van der Waals surface area contributed by atoms with Gasteiger partial charge in [-0.05, 0) is 73.9 Å². The number of amides is 1. The lowest BCUT2D eigenvalue weighted by Gasteiger charge is -2.37. The molecule has 7 rings (SSSR count). The normalized spacial score (nSPS) is 18.5. The van der Waals surface area contributed by atoms with Gasteiger partial charge in [0.15, 0.2) is 0 Å². The minimum absolute atomic E-state index is 0.0995. The Labute approximate surface area is 325 Å². The van der Waals surface area contributed by atoms with E-state index in [1.807, 2.05) is 36.4 Å². The lowest BCUT2D eigenvalue weighted by atomic mass is 9.67. The van der Waals surface area contributed by atoms with E-state index in [4.69, 9.17) is 42.4 Å². The van der Waals surface area contributed by atoms with Gasteiger partial charge in [0, 0.05) is 54.4 Å². The smallest absolute Gasteiger partial charge is 0.309 e. The molecule has 4 aromatic rings. The van der Waals surface area contributed by atoms with E-state index in [9.17, 15) is 14.7 Å². The minimum atomic E-state index is -0.713. The molecule has 0 unspecified atom stereocenters. The van der Waals surface area contributed by atoms with Crippen LogP contribution in [0.25, 0.3) is 22.4 Å². The number of rotatable bonds is 16. The molecule has 1 saturated heterocycles. The number of hydrogen-bond acceptors (Lipinski definition) is 9. The van der Waals surface area contributed by atoms with Crippen molar-refractivity contribution in [2.24, 2.45) is 5.41 Å². The number of carbonyl (C=O) groups excluding carboxylic acids is 1. The predicted octanol–water partition coefficient (Wildman–Crippen LogP) is 7.30. The number of hydrogen-bond donors (Lipinski definition) is 4. The number of halogens is 2. The fraction of sp³-hybridized carbons (Fsp3) is 0.415. The molecule has 1 aliphatic heterocycles. The number of aliphatic carboxylic acids is 1. The number of nitrogens with zero attached hydrogens (tertiary/aromatic N) is 2. The maximum absolute atomic E-state index is 11.7. The van der Waals surface area contributed by atoms with Crippen LogP contribution in [0.3, 0.4) is 0 Å². The molecule has 1 amide bonds. The summed E-state index contributed by atoms with van der Waals surface area (Å²) in [5.41, 5.74) is 6.71. The quantitative estimate of drug-likeness (QED) is 0.0857. The molecule has 2 aromatic heterocycles. The summed E-state index contributed by atoms with van der Waals surface area (Å²) in [6.07, 6.45) is 5.64. The van der Waals surface area contributed by atoms with Crippen LogP contribution in [0, 0.1) is 5.41 Å². The summed E-state index contributed by atoms with van der Waals surface area (Å²) in [4.78, 5) is 32.7. The number of methoxy groups -OCH3 is 2. The Kier molecular flexibility index (Phi) is 11.6. The standard InChI is InChI=1S/C41H45Cl2N5O6/c1-52-37-24(21-45-23-26-11-15-35(49)46-26)10-13-33(47-37)31-9-4-8-30(36(31)43)27-6-3-7-29-28(27)12-14-34(29)54-39-32(42)20-25(38(48-39)53-2)22-44-19-18-41(40(50)51)16-5-17-41/h3-4,6-10,13,20,26,34,44-45H,5,11-12,14-19,21-23H2,1-2H3,(H,46,49)(H,50,51)/t26-,34-/m0/s1. The fourth-order valence-corrected chi connectivity index (χ4v) is 8.35. The molecule has 3 aliphatic rings. The van der Waals surface area contributed by atoms with Crippen molar-refractivity contribution in [3.05, 3.63) is 86.9 Å². The second-order valence-corrected chi connectivity index (χ2v) is 15.1.